The molecule has 28 heavy (non-hydrogen) atoms. The minimum absolute atomic E-state index is 0.0769. The summed E-state index contributed by atoms with van der Waals surface area (Å²) in [5.41, 5.74) is 6.10. The lowest BCUT2D eigenvalue weighted by Gasteiger charge is -2.18. The molecule has 1 aromatic heterocycles. The Balaban J connectivity index is 1.98. The van der Waals surface area contributed by atoms with Crippen molar-refractivity contribution in [1.29, 1.82) is 0 Å². The van der Waals surface area contributed by atoms with Crippen LogP contribution in [0.1, 0.15) is 31.7 Å². The van der Waals surface area contributed by atoms with E-state index in [4.69, 9.17) is 5.73 Å². The molecule has 0 unspecified atom stereocenters. The predicted molar refractivity (Wildman–Crippen MR) is 104 cm³/mol. The van der Waals surface area contributed by atoms with Crippen molar-refractivity contribution in [2.45, 2.75) is 50.5 Å². The fraction of sp³-hybridized carbons (Fsp3) is 0.421. The molecule has 0 radical (unpaired) electrons. The van der Waals surface area contributed by atoms with Crippen LogP contribution >= 0.6 is 0 Å². The van der Waals surface area contributed by atoms with Crippen molar-refractivity contribution in [3.63, 3.8) is 0 Å². The van der Waals surface area contributed by atoms with E-state index in [9.17, 15) is 18.0 Å². The zero-order valence-corrected chi connectivity index (χ0v) is 17.2. The summed E-state index contributed by atoms with van der Waals surface area (Å²) in [7, 11) is -3.80. The van der Waals surface area contributed by atoms with E-state index in [-0.39, 0.29) is 28.0 Å². The van der Waals surface area contributed by atoms with Gasteiger partial charge in [0.1, 0.15) is 4.90 Å². The summed E-state index contributed by atoms with van der Waals surface area (Å²) in [6.45, 7) is 7.55. The Morgan fingerprint density at radius 2 is 1.75 bits per heavy atom. The van der Waals surface area contributed by atoms with Crippen molar-refractivity contribution in [2.75, 3.05) is 11.4 Å². The first kappa shape index (κ1) is 20.2. The molecule has 8 nitrogen and oxygen atoms in total. The molecule has 2 N–H and O–H groups in total. The molecular formula is C19H24N4O4S. The zero-order valence-electron chi connectivity index (χ0n) is 16.4. The third kappa shape index (κ3) is 3.14. The maximum atomic E-state index is 13.1. The van der Waals surface area contributed by atoms with E-state index in [1.165, 1.54) is 24.3 Å². The first-order valence-corrected chi connectivity index (χ1v) is 10.5. The molecular weight excluding hydrogens is 380 g/mol. The van der Waals surface area contributed by atoms with E-state index in [1.807, 2.05) is 0 Å². The Hall–Kier alpha value is -2.52. The average molecular weight is 404 g/mol. The number of hydrogen-bond acceptors (Lipinski definition) is 6. The van der Waals surface area contributed by atoms with Crippen LogP contribution in [0.4, 0.5) is 5.69 Å². The van der Waals surface area contributed by atoms with Crippen molar-refractivity contribution in [2.24, 2.45) is 11.1 Å². The fourth-order valence-electron chi connectivity index (χ4n) is 3.51. The molecule has 1 aromatic carbocycles. The van der Waals surface area contributed by atoms with Crippen LogP contribution in [0.3, 0.4) is 0 Å². The quantitative estimate of drug-likeness (QED) is 0.757. The number of carbonyl (C=O) groups is 2. The molecule has 0 spiro atoms. The molecule has 1 saturated heterocycles. The normalized spacial score (nSPS) is 16.8. The van der Waals surface area contributed by atoms with Gasteiger partial charge in [-0.05, 0) is 38.1 Å². The minimum Gasteiger partial charge on any atom is -0.329 e. The van der Waals surface area contributed by atoms with Crippen LogP contribution < -0.4 is 10.6 Å². The number of aryl methyl sites for hydroxylation is 1. The summed E-state index contributed by atoms with van der Waals surface area (Å²) in [5, 5.41) is 4.27. The fourth-order valence-corrected chi connectivity index (χ4v) is 5.17. The van der Waals surface area contributed by atoms with Crippen LogP contribution in [-0.4, -0.2) is 36.6 Å². The minimum atomic E-state index is -3.80. The standard InChI is InChI=1S/C19H24N4O4S/c1-12-17(13(2)22(21-12)10-9-20)28(26,27)15-7-5-14(6-8-15)23-16(24)11-19(3,4)18(23)25/h5-8H,9-11,20H2,1-4H3. The lowest BCUT2D eigenvalue weighted by atomic mass is 9.92. The second-order valence-electron chi connectivity index (χ2n) is 7.60. The number of imide groups is 1. The highest BCUT2D eigenvalue weighted by Crippen LogP contribution is 2.36. The molecule has 0 saturated carbocycles. The molecule has 2 heterocycles. The van der Waals surface area contributed by atoms with Gasteiger partial charge in [0.15, 0.2) is 0 Å². The highest BCUT2D eigenvalue weighted by atomic mass is 32.2. The number of nitrogens with zero attached hydrogens (tertiary/aromatic N) is 3. The van der Waals surface area contributed by atoms with E-state index >= 15 is 0 Å². The highest BCUT2D eigenvalue weighted by Gasteiger charge is 2.45. The lowest BCUT2D eigenvalue weighted by molar-refractivity contribution is -0.124. The maximum absolute atomic E-state index is 13.1. The summed E-state index contributed by atoms with van der Waals surface area (Å²) < 4.78 is 27.8. The number of benzene rings is 1. The smallest absolute Gasteiger partial charge is 0.239 e. The molecule has 150 valence electrons. The molecule has 1 fully saturated rings. The Kier molecular flexibility index (Phi) is 4.93. The molecule has 3 rings (SSSR count). The summed E-state index contributed by atoms with van der Waals surface area (Å²) in [6, 6.07) is 5.80. The predicted octanol–water partition coefficient (Wildman–Crippen LogP) is 1.58. The van der Waals surface area contributed by atoms with Gasteiger partial charge in [-0.15, -0.1) is 0 Å². The summed E-state index contributed by atoms with van der Waals surface area (Å²) in [5.74, 6) is -0.580. The van der Waals surface area contributed by atoms with Crippen molar-refractivity contribution in [3.8, 4) is 0 Å². The number of rotatable bonds is 5. The number of carbonyl (C=O) groups excluding carboxylic acids is 2. The molecule has 0 atom stereocenters. The van der Waals surface area contributed by atoms with Crippen molar-refractivity contribution in [1.82, 2.24) is 9.78 Å². The molecule has 2 amide bonds. The van der Waals surface area contributed by atoms with Gasteiger partial charge in [-0.1, -0.05) is 13.8 Å². The highest BCUT2D eigenvalue weighted by molar-refractivity contribution is 7.91. The van der Waals surface area contributed by atoms with Crippen LogP contribution in [0.5, 0.6) is 0 Å². The van der Waals surface area contributed by atoms with Gasteiger partial charge in [0.25, 0.3) is 0 Å². The van der Waals surface area contributed by atoms with E-state index in [1.54, 1.807) is 32.4 Å². The third-order valence-corrected chi connectivity index (χ3v) is 6.98. The van der Waals surface area contributed by atoms with E-state index < -0.39 is 15.3 Å². The van der Waals surface area contributed by atoms with Gasteiger partial charge >= 0.3 is 0 Å². The maximum Gasteiger partial charge on any atom is 0.239 e. The summed E-state index contributed by atoms with van der Waals surface area (Å²) >= 11 is 0. The second-order valence-corrected chi connectivity index (χ2v) is 9.49. The number of anilines is 1. The van der Waals surface area contributed by atoms with Gasteiger partial charge in [0.2, 0.25) is 21.7 Å². The van der Waals surface area contributed by atoms with E-state index in [0.717, 1.165) is 4.90 Å². The molecule has 2 aromatic rings. The van der Waals surface area contributed by atoms with Crippen molar-refractivity contribution < 1.29 is 18.0 Å². The number of sulfone groups is 1. The molecule has 1 aliphatic heterocycles. The largest absolute Gasteiger partial charge is 0.329 e. The van der Waals surface area contributed by atoms with E-state index in [0.29, 0.717) is 30.2 Å². The SMILES string of the molecule is Cc1nn(CCN)c(C)c1S(=O)(=O)c1ccc(N2C(=O)CC(C)(C)C2=O)cc1. The van der Waals surface area contributed by atoms with Gasteiger partial charge in [-0.3, -0.25) is 19.2 Å². The topological polar surface area (TPSA) is 115 Å². The number of amides is 2. The number of hydrogen-bond donors (Lipinski definition) is 1. The van der Waals surface area contributed by atoms with Crippen molar-refractivity contribution in [3.05, 3.63) is 35.7 Å². The van der Waals surface area contributed by atoms with Crippen molar-refractivity contribution >= 4 is 27.3 Å². The number of aromatic nitrogens is 2. The van der Waals surface area contributed by atoms with E-state index in [2.05, 4.69) is 5.10 Å². The van der Waals surface area contributed by atoms with Gasteiger partial charge in [0, 0.05) is 13.0 Å². The molecule has 0 bridgehead atoms. The first-order valence-electron chi connectivity index (χ1n) is 8.97. The average Bonchev–Trinajstić information content (AvgIpc) is 3.00. The Labute approximate surface area is 164 Å². The molecule has 0 aliphatic carbocycles. The summed E-state index contributed by atoms with van der Waals surface area (Å²) in [6.07, 6.45) is 0.130. The zero-order chi connectivity index (χ0) is 20.9. The second kappa shape index (κ2) is 6.82. The first-order chi connectivity index (χ1) is 13.0. The van der Waals surface area contributed by atoms with Gasteiger partial charge in [-0.2, -0.15) is 5.10 Å². The summed E-state index contributed by atoms with van der Waals surface area (Å²) in [4.78, 5) is 26.0. The third-order valence-electron chi connectivity index (χ3n) is 4.95. The monoisotopic (exact) mass is 404 g/mol. The molecule has 1 aliphatic rings. The molecule has 9 heteroatoms. The van der Waals surface area contributed by atoms with Crippen LogP contribution in [-0.2, 0) is 26.0 Å². The van der Waals surface area contributed by atoms with Crippen LogP contribution in [0.25, 0.3) is 0 Å². The number of nitrogens with two attached hydrogens (primary N) is 1. The van der Waals surface area contributed by atoms with Crippen LogP contribution in [0.15, 0.2) is 34.1 Å². The van der Waals surface area contributed by atoms with Gasteiger partial charge in [0.05, 0.1) is 33.9 Å². The Bertz CT molecular complexity index is 1050. The van der Waals surface area contributed by atoms with Gasteiger partial charge < -0.3 is 5.73 Å². The van der Waals surface area contributed by atoms with Crippen LogP contribution in [0.2, 0.25) is 0 Å². The van der Waals surface area contributed by atoms with Gasteiger partial charge in [-0.25, -0.2) is 8.42 Å². The lowest BCUT2D eigenvalue weighted by Crippen LogP contribution is -2.32. The Morgan fingerprint density at radius 3 is 2.25 bits per heavy atom. The Morgan fingerprint density at radius 1 is 1.14 bits per heavy atom. The van der Waals surface area contributed by atoms with Crippen LogP contribution in [0, 0.1) is 19.3 Å².